The van der Waals surface area contributed by atoms with E-state index >= 15 is 0 Å². The summed E-state index contributed by atoms with van der Waals surface area (Å²) in [4.78, 5) is 14.7. The van der Waals surface area contributed by atoms with E-state index in [0.29, 0.717) is 31.3 Å². The second-order valence-electron chi connectivity index (χ2n) is 5.96. The fraction of sp³-hybridized carbons (Fsp3) is 0.353. The van der Waals surface area contributed by atoms with Gasteiger partial charge in [0.05, 0.1) is 13.2 Å². The molecule has 0 aliphatic carbocycles. The number of rotatable bonds is 2. The van der Waals surface area contributed by atoms with E-state index in [-0.39, 0.29) is 12.0 Å². The van der Waals surface area contributed by atoms with Crippen LogP contribution in [-0.4, -0.2) is 45.3 Å². The number of carbonyl (C=O) groups excluding carboxylic acids is 1. The van der Waals surface area contributed by atoms with Crippen molar-refractivity contribution >= 4 is 16.9 Å². The zero-order valence-electron chi connectivity index (χ0n) is 13.6. The average molecular weight is 326 g/mol. The van der Waals surface area contributed by atoms with Crippen LogP contribution >= 0.6 is 0 Å². The molecule has 1 saturated heterocycles. The van der Waals surface area contributed by atoms with Crippen LogP contribution in [0.15, 0.2) is 35.0 Å². The van der Waals surface area contributed by atoms with Crippen LogP contribution in [0.4, 0.5) is 0 Å². The number of carbonyl (C=O) groups is 1. The summed E-state index contributed by atoms with van der Waals surface area (Å²) in [5, 5.41) is 8.93. The van der Waals surface area contributed by atoms with Crippen molar-refractivity contribution in [1.82, 2.24) is 19.7 Å². The van der Waals surface area contributed by atoms with Crippen molar-refractivity contribution in [3.05, 3.63) is 47.7 Å². The van der Waals surface area contributed by atoms with Gasteiger partial charge in [-0.05, 0) is 13.0 Å². The molecular formula is C17H18N4O3. The van der Waals surface area contributed by atoms with Crippen LogP contribution in [-0.2, 0) is 11.8 Å². The maximum Gasteiger partial charge on any atom is 0.290 e. The molecular weight excluding hydrogens is 308 g/mol. The Morgan fingerprint density at radius 2 is 2.17 bits per heavy atom. The largest absolute Gasteiger partial charge is 0.451 e. The Hall–Kier alpha value is -2.67. The van der Waals surface area contributed by atoms with Crippen LogP contribution in [0.5, 0.6) is 0 Å². The maximum atomic E-state index is 12.9. The summed E-state index contributed by atoms with van der Waals surface area (Å²) in [6.45, 7) is 3.34. The second kappa shape index (κ2) is 5.76. The summed E-state index contributed by atoms with van der Waals surface area (Å²) < 4.78 is 13.4. The Kier molecular flexibility index (Phi) is 3.57. The summed E-state index contributed by atoms with van der Waals surface area (Å²) in [5.41, 5.74) is 1.61. The van der Waals surface area contributed by atoms with E-state index in [2.05, 4.69) is 10.2 Å². The highest BCUT2D eigenvalue weighted by Crippen LogP contribution is 2.28. The van der Waals surface area contributed by atoms with Crippen molar-refractivity contribution in [2.75, 3.05) is 19.7 Å². The van der Waals surface area contributed by atoms with Crippen LogP contribution in [0.1, 0.15) is 28.0 Å². The Morgan fingerprint density at radius 3 is 2.92 bits per heavy atom. The molecule has 4 rings (SSSR count). The molecule has 124 valence electrons. The minimum atomic E-state index is -0.278. The monoisotopic (exact) mass is 326 g/mol. The molecule has 1 atom stereocenters. The number of hydrogen-bond donors (Lipinski definition) is 0. The fourth-order valence-corrected chi connectivity index (χ4v) is 3.10. The summed E-state index contributed by atoms with van der Waals surface area (Å²) in [6.07, 6.45) is 1.35. The zero-order valence-corrected chi connectivity index (χ0v) is 13.6. The first kappa shape index (κ1) is 14.9. The summed E-state index contributed by atoms with van der Waals surface area (Å²) >= 11 is 0. The Morgan fingerprint density at radius 1 is 1.33 bits per heavy atom. The molecule has 24 heavy (non-hydrogen) atoms. The Bertz CT molecular complexity index is 898. The van der Waals surface area contributed by atoms with E-state index in [9.17, 15) is 4.79 Å². The Balaban J connectivity index is 1.61. The molecule has 0 saturated carbocycles. The number of nitrogens with zero attached hydrogens (tertiary/aromatic N) is 4. The van der Waals surface area contributed by atoms with Gasteiger partial charge < -0.3 is 18.6 Å². The van der Waals surface area contributed by atoms with E-state index in [4.69, 9.17) is 9.15 Å². The molecule has 1 unspecified atom stereocenters. The first-order chi connectivity index (χ1) is 11.6. The van der Waals surface area contributed by atoms with Gasteiger partial charge in [-0.25, -0.2) is 0 Å². The lowest BCUT2D eigenvalue weighted by Gasteiger charge is -2.31. The van der Waals surface area contributed by atoms with E-state index in [1.54, 1.807) is 11.2 Å². The van der Waals surface area contributed by atoms with Crippen molar-refractivity contribution in [1.29, 1.82) is 0 Å². The Labute approximate surface area is 138 Å². The lowest BCUT2D eigenvalue weighted by atomic mass is 10.1. The van der Waals surface area contributed by atoms with Crippen molar-refractivity contribution in [2.45, 2.75) is 13.0 Å². The van der Waals surface area contributed by atoms with Crippen LogP contribution in [0, 0.1) is 6.92 Å². The van der Waals surface area contributed by atoms with Gasteiger partial charge in [0.2, 0.25) is 0 Å². The first-order valence-electron chi connectivity index (χ1n) is 7.88. The molecule has 0 radical (unpaired) electrons. The van der Waals surface area contributed by atoms with Crippen LogP contribution in [0.25, 0.3) is 11.0 Å². The van der Waals surface area contributed by atoms with Gasteiger partial charge in [-0.15, -0.1) is 10.2 Å². The minimum absolute atomic E-state index is 0.112. The third-order valence-corrected chi connectivity index (χ3v) is 4.43. The highest BCUT2D eigenvalue weighted by atomic mass is 16.5. The van der Waals surface area contributed by atoms with Crippen LogP contribution in [0.2, 0.25) is 0 Å². The van der Waals surface area contributed by atoms with Gasteiger partial charge >= 0.3 is 0 Å². The number of aryl methyl sites for hydroxylation is 2. The molecule has 7 heteroatoms. The van der Waals surface area contributed by atoms with Crippen molar-refractivity contribution < 1.29 is 13.9 Å². The number of ether oxygens (including phenoxy) is 1. The second-order valence-corrected chi connectivity index (χ2v) is 5.96. The standard InChI is InChI=1S/C17H18N4O3/c1-11-12-5-3-4-6-13(12)24-15(11)17(22)21-7-8-23-14(9-21)16-19-18-10-20(16)2/h3-6,10,14H,7-9H2,1-2H3. The predicted molar refractivity (Wildman–Crippen MR) is 86.6 cm³/mol. The number of morpholine rings is 1. The molecule has 3 heterocycles. The third kappa shape index (κ3) is 2.37. The maximum absolute atomic E-state index is 12.9. The number of hydrogen-bond acceptors (Lipinski definition) is 5. The first-order valence-corrected chi connectivity index (χ1v) is 7.88. The zero-order chi connectivity index (χ0) is 16.7. The lowest BCUT2D eigenvalue weighted by molar-refractivity contribution is -0.0289. The third-order valence-electron chi connectivity index (χ3n) is 4.43. The molecule has 0 spiro atoms. The minimum Gasteiger partial charge on any atom is -0.451 e. The van der Waals surface area contributed by atoms with Crippen molar-refractivity contribution in [3.63, 3.8) is 0 Å². The van der Waals surface area contributed by atoms with E-state index in [1.807, 2.05) is 42.8 Å². The highest BCUT2D eigenvalue weighted by Gasteiger charge is 2.31. The van der Waals surface area contributed by atoms with Crippen LogP contribution in [0.3, 0.4) is 0 Å². The summed E-state index contributed by atoms with van der Waals surface area (Å²) in [7, 11) is 1.86. The van der Waals surface area contributed by atoms with Crippen LogP contribution < -0.4 is 0 Å². The molecule has 2 aromatic heterocycles. The number of aromatic nitrogens is 3. The molecule has 7 nitrogen and oxygen atoms in total. The van der Waals surface area contributed by atoms with Gasteiger partial charge in [0.15, 0.2) is 11.6 Å². The molecule has 3 aromatic rings. The smallest absolute Gasteiger partial charge is 0.290 e. The number of para-hydroxylation sites is 1. The van der Waals surface area contributed by atoms with Gasteiger partial charge in [-0.3, -0.25) is 4.79 Å². The van der Waals surface area contributed by atoms with E-state index < -0.39 is 0 Å². The van der Waals surface area contributed by atoms with Gasteiger partial charge in [0, 0.05) is 24.5 Å². The molecule has 1 aliphatic heterocycles. The number of furan rings is 1. The van der Waals surface area contributed by atoms with E-state index in [1.165, 1.54) is 0 Å². The van der Waals surface area contributed by atoms with Gasteiger partial charge in [-0.1, -0.05) is 18.2 Å². The molecule has 0 N–H and O–H groups in total. The van der Waals surface area contributed by atoms with Crippen molar-refractivity contribution in [3.8, 4) is 0 Å². The van der Waals surface area contributed by atoms with Gasteiger partial charge in [0.25, 0.3) is 5.91 Å². The average Bonchev–Trinajstić information content (AvgIpc) is 3.18. The molecule has 1 amide bonds. The van der Waals surface area contributed by atoms with E-state index in [0.717, 1.165) is 16.5 Å². The normalized spacial score (nSPS) is 18.2. The number of amides is 1. The summed E-state index contributed by atoms with van der Waals surface area (Å²) in [6, 6.07) is 7.68. The predicted octanol–water partition coefficient (Wildman–Crippen LogP) is 2.08. The molecule has 1 fully saturated rings. The molecule has 1 aliphatic rings. The highest BCUT2D eigenvalue weighted by molar-refractivity contribution is 5.98. The molecule has 0 bridgehead atoms. The lowest BCUT2D eigenvalue weighted by Crippen LogP contribution is -2.43. The van der Waals surface area contributed by atoms with Gasteiger partial charge in [0.1, 0.15) is 18.0 Å². The summed E-state index contributed by atoms with van der Waals surface area (Å²) in [5.74, 6) is 1.00. The quantitative estimate of drug-likeness (QED) is 0.721. The fourth-order valence-electron chi connectivity index (χ4n) is 3.10. The molecule has 1 aromatic carbocycles. The number of fused-ring (bicyclic) bond motifs is 1. The van der Waals surface area contributed by atoms with Crippen molar-refractivity contribution in [2.24, 2.45) is 7.05 Å². The number of benzene rings is 1. The van der Waals surface area contributed by atoms with Gasteiger partial charge in [-0.2, -0.15) is 0 Å². The topological polar surface area (TPSA) is 73.4 Å². The SMILES string of the molecule is Cc1c(C(=O)N2CCOC(c3nncn3C)C2)oc2ccccc12.